The number of anilines is 1. The van der Waals surface area contributed by atoms with Crippen molar-refractivity contribution in [3.8, 4) is 11.8 Å². The monoisotopic (exact) mass is 232 g/mol. The number of nitrogens with zero attached hydrogens (tertiary/aromatic N) is 1. The Morgan fingerprint density at radius 2 is 1.88 bits per heavy atom. The molecule has 0 saturated carbocycles. The second kappa shape index (κ2) is 7.56. The molecule has 1 aromatic rings. The Labute approximate surface area is 103 Å². The summed E-state index contributed by atoms with van der Waals surface area (Å²) in [5.74, 6) is 1.46. The standard InChI is InChI=1S/C14H20N2O/c1-3-12(4-2)11-16-13-5-7-14(8-6-13)17-10-9-15/h5-8,12,16H,3-4,10-11H2,1-2H3. The molecular formula is C14H20N2O. The van der Waals surface area contributed by atoms with Crippen molar-refractivity contribution in [3.63, 3.8) is 0 Å². The maximum absolute atomic E-state index is 8.39. The highest BCUT2D eigenvalue weighted by atomic mass is 16.5. The average molecular weight is 232 g/mol. The van der Waals surface area contributed by atoms with E-state index in [1.807, 2.05) is 30.3 Å². The van der Waals surface area contributed by atoms with Gasteiger partial charge in [0.15, 0.2) is 6.61 Å². The lowest BCUT2D eigenvalue weighted by Crippen LogP contribution is -2.12. The van der Waals surface area contributed by atoms with E-state index < -0.39 is 0 Å². The molecule has 3 nitrogen and oxygen atoms in total. The van der Waals surface area contributed by atoms with E-state index in [-0.39, 0.29) is 6.61 Å². The normalized spacial score (nSPS) is 10.0. The van der Waals surface area contributed by atoms with Gasteiger partial charge in [0, 0.05) is 12.2 Å². The molecule has 0 aliphatic heterocycles. The van der Waals surface area contributed by atoms with Crippen LogP contribution in [-0.2, 0) is 0 Å². The van der Waals surface area contributed by atoms with Gasteiger partial charge in [-0.05, 0) is 30.2 Å². The first-order valence-electron chi connectivity index (χ1n) is 6.13. The molecule has 1 N–H and O–H groups in total. The van der Waals surface area contributed by atoms with Crippen LogP contribution in [0.3, 0.4) is 0 Å². The predicted octanol–water partition coefficient (Wildman–Crippen LogP) is 3.44. The summed E-state index contributed by atoms with van der Waals surface area (Å²) in [7, 11) is 0. The van der Waals surface area contributed by atoms with Crippen LogP contribution in [0.4, 0.5) is 5.69 Å². The largest absolute Gasteiger partial charge is 0.479 e. The highest BCUT2D eigenvalue weighted by Crippen LogP contribution is 2.16. The number of ether oxygens (including phenoxy) is 1. The van der Waals surface area contributed by atoms with Crippen molar-refractivity contribution in [3.05, 3.63) is 24.3 Å². The second-order valence-electron chi connectivity index (χ2n) is 4.03. The van der Waals surface area contributed by atoms with E-state index in [1.165, 1.54) is 12.8 Å². The van der Waals surface area contributed by atoms with Crippen molar-refractivity contribution in [1.29, 1.82) is 5.26 Å². The smallest absolute Gasteiger partial charge is 0.174 e. The summed E-state index contributed by atoms with van der Waals surface area (Å²) in [5, 5.41) is 11.8. The van der Waals surface area contributed by atoms with Gasteiger partial charge in [-0.2, -0.15) is 5.26 Å². The molecule has 0 radical (unpaired) electrons. The Morgan fingerprint density at radius 3 is 2.41 bits per heavy atom. The van der Waals surface area contributed by atoms with E-state index in [0.29, 0.717) is 0 Å². The molecule has 0 atom stereocenters. The third-order valence-corrected chi connectivity index (χ3v) is 2.91. The maximum atomic E-state index is 8.39. The number of benzene rings is 1. The van der Waals surface area contributed by atoms with Crippen molar-refractivity contribution < 1.29 is 4.74 Å². The third kappa shape index (κ3) is 4.78. The fourth-order valence-electron chi connectivity index (χ4n) is 1.62. The minimum absolute atomic E-state index is 0.0977. The topological polar surface area (TPSA) is 45.0 Å². The fraction of sp³-hybridized carbons (Fsp3) is 0.500. The molecule has 0 unspecified atom stereocenters. The zero-order valence-electron chi connectivity index (χ0n) is 10.6. The van der Waals surface area contributed by atoms with Crippen LogP contribution in [0.1, 0.15) is 26.7 Å². The van der Waals surface area contributed by atoms with Crippen molar-refractivity contribution in [2.24, 2.45) is 5.92 Å². The summed E-state index contributed by atoms with van der Waals surface area (Å²) < 4.78 is 5.19. The van der Waals surface area contributed by atoms with Crippen LogP contribution < -0.4 is 10.1 Å². The van der Waals surface area contributed by atoms with Gasteiger partial charge in [0.2, 0.25) is 0 Å². The molecule has 1 aromatic carbocycles. The second-order valence-corrected chi connectivity index (χ2v) is 4.03. The third-order valence-electron chi connectivity index (χ3n) is 2.91. The Kier molecular flexibility index (Phi) is 5.95. The van der Waals surface area contributed by atoms with Crippen LogP contribution in [-0.4, -0.2) is 13.2 Å². The highest BCUT2D eigenvalue weighted by molar-refractivity contribution is 5.46. The molecule has 0 amide bonds. The van der Waals surface area contributed by atoms with Crippen molar-refractivity contribution in [1.82, 2.24) is 0 Å². The molecule has 0 heterocycles. The first-order valence-corrected chi connectivity index (χ1v) is 6.13. The lowest BCUT2D eigenvalue weighted by molar-refractivity contribution is 0.368. The van der Waals surface area contributed by atoms with E-state index in [0.717, 1.165) is 23.9 Å². The zero-order valence-corrected chi connectivity index (χ0v) is 10.6. The Balaban J connectivity index is 2.42. The molecule has 1 rings (SSSR count). The molecular weight excluding hydrogens is 212 g/mol. The van der Waals surface area contributed by atoms with Gasteiger partial charge in [-0.25, -0.2) is 0 Å². The van der Waals surface area contributed by atoms with Crippen LogP contribution in [0.25, 0.3) is 0 Å². The number of rotatable bonds is 7. The van der Waals surface area contributed by atoms with E-state index in [4.69, 9.17) is 10.00 Å². The van der Waals surface area contributed by atoms with Crippen LogP contribution >= 0.6 is 0 Å². The predicted molar refractivity (Wildman–Crippen MR) is 70.1 cm³/mol. The SMILES string of the molecule is CCC(CC)CNc1ccc(OCC#N)cc1. The molecule has 3 heteroatoms. The number of hydrogen-bond acceptors (Lipinski definition) is 3. The Hall–Kier alpha value is -1.69. The highest BCUT2D eigenvalue weighted by Gasteiger charge is 2.02. The van der Waals surface area contributed by atoms with Crippen LogP contribution in [0.5, 0.6) is 5.75 Å². The van der Waals surface area contributed by atoms with Crippen molar-refractivity contribution in [2.75, 3.05) is 18.5 Å². The molecule has 17 heavy (non-hydrogen) atoms. The van der Waals surface area contributed by atoms with E-state index in [9.17, 15) is 0 Å². The molecule has 92 valence electrons. The Morgan fingerprint density at radius 1 is 1.24 bits per heavy atom. The summed E-state index contributed by atoms with van der Waals surface area (Å²) in [6, 6.07) is 9.67. The first-order chi connectivity index (χ1) is 8.30. The number of nitriles is 1. The molecule has 0 spiro atoms. The molecule has 0 aliphatic rings. The number of hydrogen-bond donors (Lipinski definition) is 1. The van der Waals surface area contributed by atoms with Gasteiger partial charge in [-0.3, -0.25) is 0 Å². The molecule has 0 aliphatic carbocycles. The van der Waals surface area contributed by atoms with Crippen LogP contribution in [0.2, 0.25) is 0 Å². The quantitative estimate of drug-likeness (QED) is 0.783. The minimum Gasteiger partial charge on any atom is -0.479 e. The molecule has 0 bridgehead atoms. The molecule has 0 saturated heterocycles. The van der Waals surface area contributed by atoms with E-state index in [2.05, 4.69) is 19.2 Å². The first kappa shape index (κ1) is 13.4. The summed E-state index contributed by atoms with van der Waals surface area (Å²) in [5.41, 5.74) is 1.10. The lowest BCUT2D eigenvalue weighted by atomic mass is 10.0. The van der Waals surface area contributed by atoms with E-state index >= 15 is 0 Å². The van der Waals surface area contributed by atoms with Gasteiger partial charge >= 0.3 is 0 Å². The molecule has 0 fully saturated rings. The maximum Gasteiger partial charge on any atom is 0.174 e. The van der Waals surface area contributed by atoms with E-state index in [1.54, 1.807) is 0 Å². The Bertz CT molecular complexity index is 349. The van der Waals surface area contributed by atoms with Gasteiger partial charge in [0.1, 0.15) is 11.8 Å². The summed E-state index contributed by atoms with van der Waals surface area (Å²) in [6.07, 6.45) is 2.40. The van der Waals surface area contributed by atoms with Crippen LogP contribution in [0.15, 0.2) is 24.3 Å². The van der Waals surface area contributed by atoms with Gasteiger partial charge < -0.3 is 10.1 Å². The zero-order chi connectivity index (χ0) is 12.5. The number of nitrogens with one attached hydrogen (secondary N) is 1. The van der Waals surface area contributed by atoms with Crippen molar-refractivity contribution in [2.45, 2.75) is 26.7 Å². The van der Waals surface area contributed by atoms with Crippen molar-refractivity contribution >= 4 is 5.69 Å². The van der Waals surface area contributed by atoms with Crippen LogP contribution in [0, 0.1) is 17.2 Å². The molecule has 0 aromatic heterocycles. The lowest BCUT2D eigenvalue weighted by Gasteiger charge is -2.14. The van der Waals surface area contributed by atoms with Gasteiger partial charge in [-0.1, -0.05) is 26.7 Å². The fourth-order valence-corrected chi connectivity index (χ4v) is 1.62. The van der Waals surface area contributed by atoms with Gasteiger partial charge in [0.05, 0.1) is 0 Å². The summed E-state index contributed by atoms with van der Waals surface area (Å²) in [6.45, 7) is 5.54. The summed E-state index contributed by atoms with van der Waals surface area (Å²) in [4.78, 5) is 0. The average Bonchev–Trinajstić information content (AvgIpc) is 2.39. The van der Waals surface area contributed by atoms with Gasteiger partial charge in [-0.15, -0.1) is 0 Å². The summed E-state index contributed by atoms with van der Waals surface area (Å²) >= 11 is 0. The minimum atomic E-state index is 0.0977. The van der Waals surface area contributed by atoms with Gasteiger partial charge in [0.25, 0.3) is 0 Å².